The van der Waals surface area contributed by atoms with E-state index in [0.717, 1.165) is 28.7 Å². The minimum Gasteiger partial charge on any atom is -0.438 e. The van der Waals surface area contributed by atoms with Gasteiger partial charge in [-0.2, -0.15) is 13.2 Å². The summed E-state index contributed by atoms with van der Waals surface area (Å²) in [5, 5.41) is 0. The molecule has 0 radical (unpaired) electrons. The van der Waals surface area contributed by atoms with Crippen molar-refractivity contribution in [3.63, 3.8) is 0 Å². The maximum atomic E-state index is 12.8. The molecule has 0 atom stereocenters. The quantitative estimate of drug-likeness (QED) is 0.392. The molecule has 2 aromatic heterocycles. The number of halogens is 4. The summed E-state index contributed by atoms with van der Waals surface area (Å²) in [6, 6.07) is 13.5. The Hall–Kier alpha value is -3.42. The zero-order valence-corrected chi connectivity index (χ0v) is 15.0. The highest BCUT2D eigenvalue weighted by molar-refractivity contribution is 5.83. The van der Waals surface area contributed by atoms with Gasteiger partial charge in [0.2, 0.25) is 5.88 Å². The second-order valence-corrected chi connectivity index (χ2v) is 6.31. The van der Waals surface area contributed by atoms with Crippen LogP contribution in [0.4, 0.5) is 17.6 Å². The minimum atomic E-state index is -4.41. The number of benzene rings is 2. The first-order valence-electron chi connectivity index (χ1n) is 8.77. The molecule has 0 bridgehead atoms. The minimum absolute atomic E-state index is 0.196. The lowest BCUT2D eigenvalue weighted by Gasteiger charge is -2.12. The van der Waals surface area contributed by atoms with Crippen LogP contribution in [0.3, 0.4) is 0 Å². The van der Waals surface area contributed by atoms with E-state index in [2.05, 4.69) is 9.97 Å². The number of fused-ring (bicyclic) bond motifs is 1. The molecule has 2 heterocycles. The number of ether oxygens (including phenoxy) is 1. The fraction of sp³-hybridized carbons (Fsp3) is 0.143. The molecule has 0 unspecified atom stereocenters. The number of alkyl halides is 4. The third-order valence-electron chi connectivity index (χ3n) is 4.42. The van der Waals surface area contributed by atoms with Crippen molar-refractivity contribution < 1.29 is 22.3 Å². The van der Waals surface area contributed by atoms with Crippen LogP contribution in [0.15, 0.2) is 67.1 Å². The van der Waals surface area contributed by atoms with Gasteiger partial charge in [-0.15, -0.1) is 0 Å². The van der Waals surface area contributed by atoms with Crippen molar-refractivity contribution in [2.45, 2.75) is 12.7 Å². The van der Waals surface area contributed by atoms with E-state index in [1.54, 1.807) is 23.0 Å². The van der Waals surface area contributed by atoms with Crippen molar-refractivity contribution in [1.82, 2.24) is 14.5 Å². The molecular formula is C21H15F4N3O. The molecule has 4 aromatic rings. The predicted molar refractivity (Wildman–Crippen MR) is 100 cm³/mol. The van der Waals surface area contributed by atoms with Crippen molar-refractivity contribution >= 4 is 11.0 Å². The number of pyridine rings is 1. The van der Waals surface area contributed by atoms with E-state index < -0.39 is 18.4 Å². The van der Waals surface area contributed by atoms with Gasteiger partial charge in [0.25, 0.3) is 0 Å². The van der Waals surface area contributed by atoms with Crippen LogP contribution in [-0.2, 0) is 12.7 Å². The lowest BCUT2D eigenvalue weighted by atomic mass is 10.1. The second kappa shape index (κ2) is 7.54. The Bertz CT molecular complexity index is 1140. The summed E-state index contributed by atoms with van der Waals surface area (Å²) in [4.78, 5) is 8.47. The number of nitrogens with zero attached hydrogens (tertiary/aromatic N) is 3. The molecule has 148 valence electrons. The molecule has 8 heteroatoms. The highest BCUT2D eigenvalue weighted by atomic mass is 19.4. The van der Waals surface area contributed by atoms with Crippen LogP contribution >= 0.6 is 0 Å². The highest BCUT2D eigenvalue weighted by Gasteiger charge is 2.30. The fourth-order valence-corrected chi connectivity index (χ4v) is 3.01. The van der Waals surface area contributed by atoms with Gasteiger partial charge in [0.05, 0.1) is 29.5 Å². The molecule has 0 N–H and O–H groups in total. The molecule has 29 heavy (non-hydrogen) atoms. The van der Waals surface area contributed by atoms with Crippen LogP contribution in [0, 0.1) is 0 Å². The van der Waals surface area contributed by atoms with Crippen LogP contribution in [-0.4, -0.2) is 21.2 Å². The molecule has 0 aliphatic heterocycles. The van der Waals surface area contributed by atoms with E-state index in [4.69, 9.17) is 4.74 Å². The molecule has 0 amide bonds. The van der Waals surface area contributed by atoms with E-state index in [-0.39, 0.29) is 18.2 Å². The second-order valence-electron chi connectivity index (χ2n) is 6.31. The fourth-order valence-electron chi connectivity index (χ4n) is 3.01. The summed E-state index contributed by atoms with van der Waals surface area (Å²) in [5.41, 5.74) is 2.17. The smallest absolute Gasteiger partial charge is 0.416 e. The standard InChI is InChI=1S/C21H15F4N3O/c22-9-11-28-13-27-18-8-3-14(12-19(18)28)17-2-1-10-26-20(17)29-16-6-4-15(5-7-16)21(23,24)25/h1-8,10,12-13H,9,11H2. The van der Waals surface area contributed by atoms with Gasteiger partial charge in [-0.05, 0) is 54.1 Å². The first kappa shape index (κ1) is 18.9. The lowest BCUT2D eigenvalue weighted by Crippen LogP contribution is -2.04. The Balaban J connectivity index is 1.68. The predicted octanol–water partition coefficient (Wildman–Crippen LogP) is 5.88. The van der Waals surface area contributed by atoms with E-state index in [9.17, 15) is 17.6 Å². The third kappa shape index (κ3) is 3.91. The van der Waals surface area contributed by atoms with Crippen LogP contribution in [0.5, 0.6) is 11.6 Å². The van der Waals surface area contributed by atoms with E-state index >= 15 is 0 Å². The Morgan fingerprint density at radius 1 is 0.966 bits per heavy atom. The first-order valence-corrected chi connectivity index (χ1v) is 8.77. The maximum Gasteiger partial charge on any atom is 0.416 e. The summed E-state index contributed by atoms with van der Waals surface area (Å²) >= 11 is 0. The molecule has 2 aromatic carbocycles. The van der Waals surface area contributed by atoms with Crippen molar-refractivity contribution in [3.8, 4) is 22.8 Å². The van der Waals surface area contributed by atoms with Gasteiger partial charge in [-0.3, -0.25) is 0 Å². The molecule has 0 saturated heterocycles. The normalized spacial score (nSPS) is 11.7. The van der Waals surface area contributed by atoms with Crippen LogP contribution in [0.1, 0.15) is 5.56 Å². The largest absolute Gasteiger partial charge is 0.438 e. The van der Waals surface area contributed by atoms with Gasteiger partial charge >= 0.3 is 6.18 Å². The molecule has 0 spiro atoms. The zero-order chi connectivity index (χ0) is 20.4. The van der Waals surface area contributed by atoms with Gasteiger partial charge in [-0.25, -0.2) is 14.4 Å². The summed E-state index contributed by atoms with van der Waals surface area (Å²) in [6.07, 6.45) is -1.29. The van der Waals surface area contributed by atoms with Crippen molar-refractivity contribution in [3.05, 3.63) is 72.7 Å². The topological polar surface area (TPSA) is 39.9 Å². The maximum absolute atomic E-state index is 12.8. The Kier molecular flexibility index (Phi) is 4.92. The zero-order valence-electron chi connectivity index (χ0n) is 15.0. The van der Waals surface area contributed by atoms with Crippen molar-refractivity contribution in [2.24, 2.45) is 0 Å². The van der Waals surface area contributed by atoms with E-state index in [0.29, 0.717) is 5.56 Å². The van der Waals surface area contributed by atoms with E-state index in [1.807, 2.05) is 18.2 Å². The lowest BCUT2D eigenvalue weighted by molar-refractivity contribution is -0.137. The summed E-state index contributed by atoms with van der Waals surface area (Å²) in [6.45, 7) is -0.313. The summed E-state index contributed by atoms with van der Waals surface area (Å²) in [5.74, 6) is 0.490. The number of imidazole rings is 1. The van der Waals surface area contributed by atoms with Crippen LogP contribution in [0.25, 0.3) is 22.2 Å². The first-order chi connectivity index (χ1) is 14.0. The highest BCUT2D eigenvalue weighted by Crippen LogP contribution is 2.34. The van der Waals surface area contributed by atoms with Crippen LogP contribution < -0.4 is 4.74 Å². The molecule has 0 aliphatic carbocycles. The summed E-state index contributed by atoms with van der Waals surface area (Å²) in [7, 11) is 0. The number of rotatable bonds is 5. The average molecular weight is 401 g/mol. The monoisotopic (exact) mass is 401 g/mol. The number of hydrogen-bond donors (Lipinski definition) is 0. The summed E-state index contributed by atoms with van der Waals surface area (Å²) < 4.78 is 58.4. The average Bonchev–Trinajstić information content (AvgIpc) is 3.11. The van der Waals surface area contributed by atoms with Crippen molar-refractivity contribution in [2.75, 3.05) is 6.67 Å². The van der Waals surface area contributed by atoms with Gasteiger partial charge in [0, 0.05) is 11.8 Å². The number of aromatic nitrogens is 3. The molecule has 0 saturated carbocycles. The van der Waals surface area contributed by atoms with Crippen molar-refractivity contribution in [1.29, 1.82) is 0 Å². The SMILES string of the molecule is FCCn1cnc2ccc(-c3cccnc3Oc3ccc(C(F)(F)F)cc3)cc21. The number of hydrogen-bond acceptors (Lipinski definition) is 3. The Morgan fingerprint density at radius 3 is 2.48 bits per heavy atom. The Morgan fingerprint density at radius 2 is 1.76 bits per heavy atom. The Labute approximate surface area is 163 Å². The molecule has 0 aliphatic rings. The third-order valence-corrected chi connectivity index (χ3v) is 4.42. The molecular weight excluding hydrogens is 386 g/mol. The van der Waals surface area contributed by atoms with Gasteiger partial charge < -0.3 is 9.30 Å². The molecule has 0 fully saturated rings. The molecule has 4 nitrogen and oxygen atoms in total. The van der Waals surface area contributed by atoms with Gasteiger partial charge in [0.15, 0.2) is 0 Å². The van der Waals surface area contributed by atoms with Gasteiger partial charge in [-0.1, -0.05) is 6.07 Å². The number of aryl methyl sites for hydroxylation is 1. The molecule has 4 rings (SSSR count). The van der Waals surface area contributed by atoms with Crippen LogP contribution in [0.2, 0.25) is 0 Å². The van der Waals surface area contributed by atoms with E-state index in [1.165, 1.54) is 18.3 Å². The van der Waals surface area contributed by atoms with Gasteiger partial charge in [0.1, 0.15) is 12.4 Å².